The Kier molecular flexibility index (Phi) is 4.21. The molecule has 0 aliphatic carbocycles. The SMILES string of the molecule is CC(=O)Nc1ccc(F)cn1.Cl. The van der Waals surface area contributed by atoms with Crippen LogP contribution in [0.1, 0.15) is 6.92 Å². The first-order valence-electron chi connectivity index (χ1n) is 3.07. The van der Waals surface area contributed by atoms with Crippen LogP contribution in [0.5, 0.6) is 0 Å². The van der Waals surface area contributed by atoms with Crippen LogP contribution in [0.15, 0.2) is 18.3 Å². The van der Waals surface area contributed by atoms with Crippen molar-refractivity contribution in [2.75, 3.05) is 5.32 Å². The average Bonchev–Trinajstić information content (AvgIpc) is 1.93. The Morgan fingerprint density at radius 3 is 2.67 bits per heavy atom. The Labute approximate surface area is 75.4 Å². The van der Waals surface area contributed by atoms with Crippen LogP contribution in [0.3, 0.4) is 0 Å². The van der Waals surface area contributed by atoms with E-state index >= 15 is 0 Å². The van der Waals surface area contributed by atoms with Crippen LogP contribution in [0.25, 0.3) is 0 Å². The predicted molar refractivity (Wildman–Crippen MR) is 45.7 cm³/mol. The largest absolute Gasteiger partial charge is 0.311 e. The quantitative estimate of drug-likeness (QED) is 0.731. The number of carbonyl (C=O) groups excluding carboxylic acids is 1. The fourth-order valence-electron chi connectivity index (χ4n) is 0.630. The van der Waals surface area contributed by atoms with E-state index in [4.69, 9.17) is 0 Å². The highest BCUT2D eigenvalue weighted by atomic mass is 35.5. The van der Waals surface area contributed by atoms with E-state index in [0.717, 1.165) is 6.20 Å². The molecule has 0 saturated carbocycles. The zero-order valence-corrected chi connectivity index (χ0v) is 7.19. The molecule has 0 spiro atoms. The summed E-state index contributed by atoms with van der Waals surface area (Å²) in [6.45, 7) is 1.37. The van der Waals surface area contributed by atoms with Gasteiger partial charge in [0.25, 0.3) is 0 Å². The van der Waals surface area contributed by atoms with Gasteiger partial charge in [-0.15, -0.1) is 12.4 Å². The maximum Gasteiger partial charge on any atom is 0.222 e. The standard InChI is InChI=1S/C7H7FN2O.ClH/c1-5(11)10-7-3-2-6(8)4-9-7;/h2-4H,1H3,(H,9,10,11);1H. The Bertz CT molecular complexity index is 263. The summed E-state index contributed by atoms with van der Waals surface area (Å²) in [5.74, 6) is -0.276. The summed E-state index contributed by atoms with van der Waals surface area (Å²) >= 11 is 0. The Morgan fingerprint density at radius 1 is 1.58 bits per heavy atom. The van der Waals surface area contributed by atoms with Gasteiger partial charge < -0.3 is 5.32 Å². The molecule has 0 aromatic carbocycles. The molecule has 1 rings (SSSR count). The van der Waals surface area contributed by atoms with Crippen LogP contribution in [-0.4, -0.2) is 10.9 Å². The van der Waals surface area contributed by atoms with E-state index in [1.54, 1.807) is 0 Å². The van der Waals surface area contributed by atoms with E-state index in [1.807, 2.05) is 0 Å². The molecule has 3 nitrogen and oxygen atoms in total. The number of nitrogens with zero attached hydrogens (tertiary/aromatic N) is 1. The molecule has 0 saturated heterocycles. The lowest BCUT2D eigenvalue weighted by molar-refractivity contribution is -0.114. The van der Waals surface area contributed by atoms with Gasteiger partial charge in [-0.25, -0.2) is 9.37 Å². The van der Waals surface area contributed by atoms with Gasteiger partial charge in [0.05, 0.1) is 6.20 Å². The van der Waals surface area contributed by atoms with Gasteiger partial charge in [-0.1, -0.05) is 0 Å². The van der Waals surface area contributed by atoms with E-state index in [2.05, 4.69) is 10.3 Å². The van der Waals surface area contributed by atoms with Crippen LogP contribution in [0.4, 0.5) is 10.2 Å². The van der Waals surface area contributed by atoms with Crippen molar-refractivity contribution < 1.29 is 9.18 Å². The minimum absolute atomic E-state index is 0. The molecule has 1 heterocycles. The fraction of sp³-hybridized carbons (Fsp3) is 0.143. The highest BCUT2D eigenvalue weighted by molar-refractivity contribution is 5.87. The highest BCUT2D eigenvalue weighted by Crippen LogP contribution is 2.02. The van der Waals surface area contributed by atoms with Gasteiger partial charge in [0.2, 0.25) is 5.91 Å². The van der Waals surface area contributed by atoms with E-state index in [0.29, 0.717) is 5.82 Å². The molecule has 0 bridgehead atoms. The molecule has 66 valence electrons. The van der Waals surface area contributed by atoms with Crippen molar-refractivity contribution in [1.29, 1.82) is 0 Å². The lowest BCUT2D eigenvalue weighted by Gasteiger charge is -1.98. The number of anilines is 1. The maximum atomic E-state index is 12.2. The second-order valence-electron chi connectivity index (χ2n) is 2.04. The van der Waals surface area contributed by atoms with Crippen LogP contribution < -0.4 is 5.32 Å². The lowest BCUT2D eigenvalue weighted by Crippen LogP contribution is -2.06. The van der Waals surface area contributed by atoms with Crippen molar-refractivity contribution in [3.8, 4) is 0 Å². The first kappa shape index (κ1) is 10.8. The summed E-state index contributed by atoms with van der Waals surface area (Å²) in [7, 11) is 0. The fourth-order valence-corrected chi connectivity index (χ4v) is 0.630. The number of amides is 1. The summed E-state index contributed by atoms with van der Waals surface area (Å²) in [6.07, 6.45) is 1.05. The third-order valence-electron chi connectivity index (χ3n) is 1.03. The molecule has 0 aliphatic heterocycles. The minimum atomic E-state index is -0.417. The van der Waals surface area contributed by atoms with Crippen molar-refractivity contribution in [3.63, 3.8) is 0 Å². The van der Waals surface area contributed by atoms with E-state index in [-0.39, 0.29) is 18.3 Å². The molecular weight excluding hydrogens is 183 g/mol. The smallest absolute Gasteiger partial charge is 0.222 e. The van der Waals surface area contributed by atoms with Gasteiger partial charge in [-0.3, -0.25) is 4.79 Å². The second kappa shape index (κ2) is 4.66. The number of hydrogen-bond acceptors (Lipinski definition) is 2. The molecule has 0 radical (unpaired) electrons. The number of nitrogens with one attached hydrogen (secondary N) is 1. The van der Waals surface area contributed by atoms with E-state index < -0.39 is 5.82 Å². The number of rotatable bonds is 1. The second-order valence-corrected chi connectivity index (χ2v) is 2.04. The van der Waals surface area contributed by atoms with Gasteiger partial charge >= 0.3 is 0 Å². The molecule has 0 aliphatic rings. The molecule has 1 amide bonds. The molecule has 5 heteroatoms. The van der Waals surface area contributed by atoms with Gasteiger partial charge in [0.15, 0.2) is 0 Å². The molecule has 0 atom stereocenters. The lowest BCUT2D eigenvalue weighted by atomic mass is 10.4. The summed E-state index contributed by atoms with van der Waals surface area (Å²) in [5, 5.41) is 2.42. The van der Waals surface area contributed by atoms with E-state index in [9.17, 15) is 9.18 Å². The summed E-state index contributed by atoms with van der Waals surface area (Å²) in [6, 6.07) is 2.63. The number of hydrogen-bond donors (Lipinski definition) is 1. The first-order chi connectivity index (χ1) is 5.18. The Morgan fingerprint density at radius 2 is 2.25 bits per heavy atom. The summed E-state index contributed by atoms with van der Waals surface area (Å²) in [4.78, 5) is 14.1. The van der Waals surface area contributed by atoms with Crippen LogP contribution in [0, 0.1) is 5.82 Å². The Hall–Kier alpha value is -1.16. The zero-order chi connectivity index (χ0) is 8.27. The van der Waals surface area contributed by atoms with Gasteiger partial charge in [0, 0.05) is 6.92 Å². The number of aromatic nitrogens is 1. The highest BCUT2D eigenvalue weighted by Gasteiger charge is 1.95. The van der Waals surface area contributed by atoms with Gasteiger partial charge in [-0.2, -0.15) is 0 Å². The number of pyridine rings is 1. The van der Waals surface area contributed by atoms with Gasteiger partial charge in [0.1, 0.15) is 11.6 Å². The molecule has 0 unspecified atom stereocenters. The molecular formula is C7H8ClFN2O. The minimum Gasteiger partial charge on any atom is -0.311 e. The molecule has 1 aromatic rings. The third-order valence-corrected chi connectivity index (χ3v) is 1.03. The maximum absolute atomic E-state index is 12.2. The van der Waals surface area contributed by atoms with Crippen molar-refractivity contribution in [3.05, 3.63) is 24.1 Å². The predicted octanol–water partition coefficient (Wildman–Crippen LogP) is 1.60. The average molecular weight is 191 g/mol. The van der Waals surface area contributed by atoms with Crippen LogP contribution >= 0.6 is 12.4 Å². The number of halogens is 2. The van der Waals surface area contributed by atoms with Crippen LogP contribution in [0.2, 0.25) is 0 Å². The molecule has 12 heavy (non-hydrogen) atoms. The third kappa shape index (κ3) is 3.30. The van der Waals surface area contributed by atoms with Crippen molar-refractivity contribution in [2.24, 2.45) is 0 Å². The first-order valence-corrected chi connectivity index (χ1v) is 3.07. The van der Waals surface area contributed by atoms with E-state index in [1.165, 1.54) is 19.1 Å². The molecule has 0 fully saturated rings. The molecule has 1 aromatic heterocycles. The van der Waals surface area contributed by atoms with Crippen molar-refractivity contribution in [2.45, 2.75) is 6.92 Å². The number of carbonyl (C=O) groups is 1. The molecule has 1 N–H and O–H groups in total. The van der Waals surface area contributed by atoms with Crippen molar-refractivity contribution >= 4 is 24.1 Å². The van der Waals surface area contributed by atoms with Crippen molar-refractivity contribution in [1.82, 2.24) is 4.98 Å². The van der Waals surface area contributed by atoms with Crippen LogP contribution in [-0.2, 0) is 4.79 Å². The monoisotopic (exact) mass is 190 g/mol. The topological polar surface area (TPSA) is 42.0 Å². The van der Waals surface area contributed by atoms with Gasteiger partial charge in [-0.05, 0) is 12.1 Å². The zero-order valence-electron chi connectivity index (χ0n) is 6.37. The summed E-state index contributed by atoms with van der Waals surface area (Å²) < 4.78 is 12.2. The summed E-state index contributed by atoms with van der Waals surface area (Å²) in [5.41, 5.74) is 0. The normalized spacial score (nSPS) is 8.50. The Balaban J connectivity index is 0.00000121.